The lowest BCUT2D eigenvalue weighted by atomic mass is 9.87. The van der Waals surface area contributed by atoms with Gasteiger partial charge < -0.3 is 5.32 Å². The smallest absolute Gasteiger partial charge is 0.0550 e. The predicted molar refractivity (Wildman–Crippen MR) is 70.1 cm³/mol. The van der Waals surface area contributed by atoms with E-state index in [0.717, 1.165) is 18.0 Å². The fourth-order valence-corrected chi connectivity index (χ4v) is 3.03. The summed E-state index contributed by atoms with van der Waals surface area (Å²) in [5, 5.41) is 6.42. The molecule has 0 atom stereocenters. The normalized spacial score (nSPS) is 12.4. The highest BCUT2D eigenvalue weighted by molar-refractivity contribution is 7.10. The van der Waals surface area contributed by atoms with Crippen LogP contribution in [0.1, 0.15) is 39.0 Å². The van der Waals surface area contributed by atoms with E-state index in [4.69, 9.17) is 11.6 Å². The van der Waals surface area contributed by atoms with Crippen molar-refractivity contribution in [2.45, 2.75) is 45.6 Å². The molecule has 0 aliphatic heterocycles. The number of nitrogens with one attached hydrogen (secondary N) is 1. The van der Waals surface area contributed by atoms with E-state index in [2.05, 4.69) is 38.4 Å². The van der Waals surface area contributed by atoms with Gasteiger partial charge >= 0.3 is 0 Å². The monoisotopic (exact) mass is 245 g/mol. The Bertz CT molecular complexity index is 304. The van der Waals surface area contributed by atoms with Crippen LogP contribution in [0.3, 0.4) is 0 Å². The molecule has 0 unspecified atom stereocenters. The van der Waals surface area contributed by atoms with Gasteiger partial charge in [0.15, 0.2) is 0 Å². The summed E-state index contributed by atoms with van der Waals surface area (Å²) in [4.78, 5) is 1.30. The molecule has 0 fully saturated rings. The molecule has 1 heterocycles. The Morgan fingerprint density at radius 3 is 2.60 bits per heavy atom. The SMILES string of the molecule is CC(C)NCCC(C)(C)c1sccc1Cl. The molecule has 3 heteroatoms. The van der Waals surface area contributed by atoms with Gasteiger partial charge in [-0.1, -0.05) is 39.3 Å². The molecule has 1 nitrogen and oxygen atoms in total. The summed E-state index contributed by atoms with van der Waals surface area (Å²) in [7, 11) is 0. The van der Waals surface area contributed by atoms with E-state index in [1.807, 2.05) is 6.07 Å². The third-order valence-corrected chi connectivity index (χ3v) is 4.24. The first-order chi connectivity index (χ1) is 6.93. The highest BCUT2D eigenvalue weighted by Gasteiger charge is 2.24. The van der Waals surface area contributed by atoms with E-state index in [1.165, 1.54) is 4.88 Å². The summed E-state index contributed by atoms with van der Waals surface area (Å²) >= 11 is 7.91. The molecule has 1 aromatic heterocycles. The first-order valence-corrected chi connectivity index (χ1v) is 6.66. The fraction of sp³-hybridized carbons (Fsp3) is 0.667. The molecule has 1 aromatic rings. The van der Waals surface area contributed by atoms with Gasteiger partial charge in [0.1, 0.15) is 0 Å². The molecule has 0 aromatic carbocycles. The van der Waals surface area contributed by atoms with Gasteiger partial charge in [-0.3, -0.25) is 0 Å². The van der Waals surface area contributed by atoms with Crippen molar-refractivity contribution in [1.82, 2.24) is 5.32 Å². The Labute approximate surface area is 102 Å². The van der Waals surface area contributed by atoms with Crippen molar-refractivity contribution in [2.24, 2.45) is 0 Å². The minimum atomic E-state index is 0.174. The van der Waals surface area contributed by atoms with Gasteiger partial charge in [0.05, 0.1) is 5.02 Å². The van der Waals surface area contributed by atoms with Gasteiger partial charge in [-0.15, -0.1) is 11.3 Å². The number of thiophene rings is 1. The lowest BCUT2D eigenvalue weighted by Crippen LogP contribution is -2.29. The molecule has 0 bridgehead atoms. The molecule has 0 aliphatic rings. The number of hydrogen-bond acceptors (Lipinski definition) is 2. The lowest BCUT2D eigenvalue weighted by Gasteiger charge is -2.24. The van der Waals surface area contributed by atoms with Crippen molar-refractivity contribution in [1.29, 1.82) is 0 Å². The molecule has 0 aliphatic carbocycles. The Morgan fingerprint density at radius 1 is 1.47 bits per heavy atom. The summed E-state index contributed by atoms with van der Waals surface area (Å²) in [5.74, 6) is 0. The van der Waals surface area contributed by atoms with Crippen molar-refractivity contribution in [3.8, 4) is 0 Å². The first kappa shape index (κ1) is 13.0. The van der Waals surface area contributed by atoms with Crippen LogP contribution in [0.4, 0.5) is 0 Å². The molecule has 1 N–H and O–H groups in total. The van der Waals surface area contributed by atoms with E-state index in [-0.39, 0.29) is 5.41 Å². The van der Waals surface area contributed by atoms with Crippen molar-refractivity contribution >= 4 is 22.9 Å². The third-order valence-electron chi connectivity index (χ3n) is 2.53. The number of halogens is 1. The Balaban J connectivity index is 2.56. The van der Waals surface area contributed by atoms with Gasteiger partial charge in [0, 0.05) is 16.3 Å². The lowest BCUT2D eigenvalue weighted by molar-refractivity contribution is 0.448. The van der Waals surface area contributed by atoms with Crippen LogP contribution in [0, 0.1) is 0 Å². The van der Waals surface area contributed by atoms with Gasteiger partial charge in [-0.2, -0.15) is 0 Å². The van der Waals surface area contributed by atoms with Crippen LogP contribution < -0.4 is 5.32 Å². The van der Waals surface area contributed by atoms with E-state index < -0.39 is 0 Å². The maximum absolute atomic E-state index is 6.16. The van der Waals surface area contributed by atoms with Crippen LogP contribution in [0.15, 0.2) is 11.4 Å². The third kappa shape index (κ3) is 3.78. The van der Waals surface area contributed by atoms with E-state index in [0.29, 0.717) is 6.04 Å². The maximum Gasteiger partial charge on any atom is 0.0550 e. The van der Waals surface area contributed by atoms with Crippen molar-refractivity contribution in [2.75, 3.05) is 6.54 Å². The molecule has 15 heavy (non-hydrogen) atoms. The molecule has 0 amide bonds. The zero-order valence-corrected chi connectivity index (χ0v) is 11.5. The average molecular weight is 246 g/mol. The minimum absolute atomic E-state index is 0.174. The van der Waals surface area contributed by atoms with Gasteiger partial charge in [-0.25, -0.2) is 0 Å². The Hall–Kier alpha value is -0.0500. The topological polar surface area (TPSA) is 12.0 Å². The van der Waals surface area contributed by atoms with Crippen LogP contribution in [-0.2, 0) is 5.41 Å². The molecule has 86 valence electrons. The molecule has 0 saturated heterocycles. The predicted octanol–water partition coefficient (Wildman–Crippen LogP) is 4.07. The maximum atomic E-state index is 6.16. The number of rotatable bonds is 5. The first-order valence-electron chi connectivity index (χ1n) is 5.40. The highest BCUT2D eigenvalue weighted by Crippen LogP contribution is 2.36. The van der Waals surface area contributed by atoms with E-state index in [1.54, 1.807) is 11.3 Å². The van der Waals surface area contributed by atoms with Crippen molar-refractivity contribution < 1.29 is 0 Å². The average Bonchev–Trinajstić information content (AvgIpc) is 2.50. The van der Waals surface area contributed by atoms with Crippen molar-refractivity contribution in [3.05, 3.63) is 21.3 Å². The minimum Gasteiger partial charge on any atom is -0.315 e. The summed E-state index contributed by atoms with van der Waals surface area (Å²) in [6.45, 7) is 9.90. The Morgan fingerprint density at radius 2 is 2.13 bits per heavy atom. The summed E-state index contributed by atoms with van der Waals surface area (Å²) in [6, 6.07) is 2.54. The molecule has 0 radical (unpaired) electrons. The van der Waals surface area contributed by atoms with Gasteiger partial charge in [0.2, 0.25) is 0 Å². The van der Waals surface area contributed by atoms with E-state index >= 15 is 0 Å². The van der Waals surface area contributed by atoms with Gasteiger partial charge in [0.25, 0.3) is 0 Å². The van der Waals surface area contributed by atoms with Crippen LogP contribution in [0.25, 0.3) is 0 Å². The quantitative estimate of drug-likeness (QED) is 0.825. The van der Waals surface area contributed by atoms with Crippen molar-refractivity contribution in [3.63, 3.8) is 0 Å². The second-order valence-corrected chi connectivity index (χ2v) is 6.16. The molecular weight excluding hydrogens is 226 g/mol. The van der Waals surface area contributed by atoms with Gasteiger partial charge in [-0.05, 0) is 24.4 Å². The Kier molecular flexibility index (Phi) is 4.63. The summed E-state index contributed by atoms with van der Waals surface area (Å²) in [6.07, 6.45) is 1.12. The molecular formula is C12H20ClNS. The zero-order chi connectivity index (χ0) is 11.5. The zero-order valence-electron chi connectivity index (χ0n) is 9.93. The summed E-state index contributed by atoms with van der Waals surface area (Å²) < 4.78 is 0. The second-order valence-electron chi connectivity index (χ2n) is 4.84. The second kappa shape index (κ2) is 5.33. The largest absolute Gasteiger partial charge is 0.315 e. The van der Waals surface area contributed by atoms with E-state index in [9.17, 15) is 0 Å². The molecule has 1 rings (SSSR count). The van der Waals surface area contributed by atoms with Crippen LogP contribution in [-0.4, -0.2) is 12.6 Å². The standard InChI is InChI=1S/C12H20ClNS/c1-9(2)14-7-6-12(3,4)11-10(13)5-8-15-11/h5,8-9,14H,6-7H2,1-4H3. The summed E-state index contributed by atoms with van der Waals surface area (Å²) in [5.41, 5.74) is 0.174. The highest BCUT2D eigenvalue weighted by atomic mass is 35.5. The molecule has 0 saturated carbocycles. The fourth-order valence-electron chi connectivity index (χ4n) is 1.56. The number of hydrogen-bond donors (Lipinski definition) is 1. The molecule has 0 spiro atoms. The van der Waals surface area contributed by atoms with Crippen LogP contribution >= 0.6 is 22.9 Å². The van der Waals surface area contributed by atoms with Crippen LogP contribution in [0.2, 0.25) is 5.02 Å². The van der Waals surface area contributed by atoms with Crippen LogP contribution in [0.5, 0.6) is 0 Å².